The van der Waals surface area contributed by atoms with Gasteiger partial charge in [-0.25, -0.2) is 9.97 Å². The van der Waals surface area contributed by atoms with E-state index < -0.39 is 5.41 Å². The molecule has 1 aromatic heterocycles. The molecule has 2 fully saturated rings. The molecule has 5 nitrogen and oxygen atoms in total. The minimum atomic E-state index is -0.508. The normalized spacial score (nSPS) is 19.4. The van der Waals surface area contributed by atoms with E-state index in [0.29, 0.717) is 38.5 Å². The Morgan fingerprint density at radius 2 is 1.92 bits per heavy atom. The summed E-state index contributed by atoms with van der Waals surface area (Å²) in [5.41, 5.74) is 2.53. The van der Waals surface area contributed by atoms with E-state index in [1.807, 2.05) is 36.4 Å². The maximum absolute atomic E-state index is 13.1. The van der Waals surface area contributed by atoms with Gasteiger partial charge in [-0.05, 0) is 37.3 Å². The lowest BCUT2D eigenvalue weighted by molar-refractivity contribution is -0.130. The van der Waals surface area contributed by atoms with Crippen molar-refractivity contribution in [3.05, 3.63) is 59.7 Å². The molecule has 130 valence electrons. The molecule has 25 heavy (non-hydrogen) atoms. The number of nitrogens with zero attached hydrogens (tertiary/aromatic N) is 2. The van der Waals surface area contributed by atoms with Gasteiger partial charge in [0.1, 0.15) is 6.33 Å². The van der Waals surface area contributed by atoms with Gasteiger partial charge in [0.2, 0.25) is 5.91 Å². The molecule has 5 heteroatoms. The standard InChI is InChI=1S/C20H23N3O2/c24-19(21-13-17-12-18(15-6-7-15)23-14-22-17)20(8-10-25-11-9-20)16-4-2-1-3-5-16/h1-5,12,14-15H,6-11,13H2,(H,21,24). The third-order valence-corrected chi connectivity index (χ3v) is 5.28. The SMILES string of the molecule is O=C(NCc1cc(C2CC2)ncn1)C1(c2ccccc2)CCOCC1. The number of hydrogen-bond donors (Lipinski definition) is 1. The first-order valence-corrected chi connectivity index (χ1v) is 9.00. The quantitative estimate of drug-likeness (QED) is 0.911. The number of amides is 1. The zero-order chi connectivity index (χ0) is 17.1. The second kappa shape index (κ2) is 6.92. The fraction of sp³-hybridized carbons (Fsp3) is 0.450. The van der Waals surface area contributed by atoms with Crippen LogP contribution in [-0.2, 0) is 21.5 Å². The summed E-state index contributed by atoms with van der Waals surface area (Å²) in [6.07, 6.45) is 5.44. The summed E-state index contributed by atoms with van der Waals surface area (Å²) in [5, 5.41) is 3.11. The van der Waals surface area contributed by atoms with Crippen molar-refractivity contribution >= 4 is 5.91 Å². The van der Waals surface area contributed by atoms with Crippen LogP contribution in [0.2, 0.25) is 0 Å². The Labute approximate surface area is 147 Å². The Morgan fingerprint density at radius 1 is 1.16 bits per heavy atom. The van der Waals surface area contributed by atoms with Crippen molar-refractivity contribution in [2.45, 2.75) is 43.6 Å². The summed E-state index contributed by atoms with van der Waals surface area (Å²) < 4.78 is 5.51. The molecule has 4 rings (SSSR count). The molecule has 1 saturated carbocycles. The molecule has 0 atom stereocenters. The van der Waals surface area contributed by atoms with Crippen LogP contribution < -0.4 is 5.32 Å². The average molecular weight is 337 g/mol. The largest absolute Gasteiger partial charge is 0.381 e. The van der Waals surface area contributed by atoms with Crippen LogP contribution in [0.1, 0.15) is 48.6 Å². The topological polar surface area (TPSA) is 64.1 Å². The predicted molar refractivity (Wildman–Crippen MR) is 94.0 cm³/mol. The van der Waals surface area contributed by atoms with Gasteiger partial charge in [-0.2, -0.15) is 0 Å². The molecular formula is C20H23N3O2. The lowest BCUT2D eigenvalue weighted by Gasteiger charge is -2.36. The first kappa shape index (κ1) is 16.2. The number of hydrogen-bond acceptors (Lipinski definition) is 4. The van der Waals surface area contributed by atoms with Crippen LogP contribution in [0.15, 0.2) is 42.7 Å². The van der Waals surface area contributed by atoms with Crippen molar-refractivity contribution in [2.75, 3.05) is 13.2 Å². The highest BCUT2D eigenvalue weighted by molar-refractivity contribution is 5.88. The van der Waals surface area contributed by atoms with Crippen molar-refractivity contribution in [1.29, 1.82) is 0 Å². The maximum Gasteiger partial charge on any atom is 0.231 e. The minimum Gasteiger partial charge on any atom is -0.381 e. The van der Waals surface area contributed by atoms with E-state index in [0.717, 1.165) is 17.0 Å². The molecule has 2 heterocycles. The first-order chi connectivity index (χ1) is 12.3. The third kappa shape index (κ3) is 3.42. The highest BCUT2D eigenvalue weighted by atomic mass is 16.5. The molecule has 1 aliphatic heterocycles. The van der Waals surface area contributed by atoms with Crippen molar-refractivity contribution in [1.82, 2.24) is 15.3 Å². The summed E-state index contributed by atoms with van der Waals surface area (Å²) in [5.74, 6) is 0.650. The monoisotopic (exact) mass is 337 g/mol. The van der Waals surface area contributed by atoms with Crippen molar-refractivity contribution in [3.8, 4) is 0 Å². The zero-order valence-corrected chi connectivity index (χ0v) is 14.3. The molecule has 0 unspecified atom stereocenters. The third-order valence-electron chi connectivity index (χ3n) is 5.28. The van der Waals surface area contributed by atoms with E-state index in [1.54, 1.807) is 6.33 Å². The fourth-order valence-corrected chi connectivity index (χ4v) is 3.58. The fourth-order valence-electron chi connectivity index (χ4n) is 3.58. The Morgan fingerprint density at radius 3 is 2.64 bits per heavy atom. The summed E-state index contributed by atoms with van der Waals surface area (Å²) in [4.78, 5) is 21.8. The molecule has 1 amide bonds. The lowest BCUT2D eigenvalue weighted by atomic mass is 9.73. The van der Waals surface area contributed by atoms with Crippen LogP contribution in [0, 0.1) is 0 Å². The number of rotatable bonds is 5. The van der Waals surface area contributed by atoms with E-state index in [2.05, 4.69) is 15.3 Å². The molecule has 1 saturated heterocycles. The highest BCUT2D eigenvalue weighted by Crippen LogP contribution is 2.39. The van der Waals surface area contributed by atoms with Crippen molar-refractivity contribution in [2.24, 2.45) is 0 Å². The molecule has 2 aliphatic rings. The van der Waals surface area contributed by atoms with Gasteiger partial charge >= 0.3 is 0 Å². The molecule has 0 spiro atoms. The Hall–Kier alpha value is -2.27. The summed E-state index contributed by atoms with van der Waals surface area (Å²) >= 11 is 0. The zero-order valence-electron chi connectivity index (χ0n) is 14.3. The molecule has 1 aromatic carbocycles. The van der Waals surface area contributed by atoms with Gasteiger partial charge in [-0.15, -0.1) is 0 Å². The molecule has 0 radical (unpaired) electrons. The van der Waals surface area contributed by atoms with Gasteiger partial charge in [-0.3, -0.25) is 4.79 Å². The van der Waals surface area contributed by atoms with Crippen molar-refractivity contribution in [3.63, 3.8) is 0 Å². The van der Waals surface area contributed by atoms with Gasteiger partial charge in [0.15, 0.2) is 0 Å². The van der Waals surface area contributed by atoms with E-state index in [9.17, 15) is 4.79 Å². The van der Waals surface area contributed by atoms with Crippen LogP contribution in [0.5, 0.6) is 0 Å². The summed E-state index contributed by atoms with van der Waals surface area (Å²) in [6, 6.07) is 12.1. The van der Waals surface area contributed by atoms with Crippen LogP contribution in [-0.4, -0.2) is 29.1 Å². The molecule has 0 bridgehead atoms. The van der Waals surface area contributed by atoms with Crippen LogP contribution >= 0.6 is 0 Å². The van der Waals surface area contributed by atoms with Crippen LogP contribution in [0.4, 0.5) is 0 Å². The van der Waals surface area contributed by atoms with E-state index >= 15 is 0 Å². The Kier molecular flexibility index (Phi) is 4.49. The summed E-state index contributed by atoms with van der Waals surface area (Å²) in [6.45, 7) is 1.67. The number of carbonyl (C=O) groups excluding carboxylic acids is 1. The maximum atomic E-state index is 13.1. The number of carbonyl (C=O) groups is 1. The second-order valence-electron chi connectivity index (χ2n) is 6.95. The summed E-state index contributed by atoms with van der Waals surface area (Å²) in [7, 11) is 0. The number of nitrogens with one attached hydrogen (secondary N) is 1. The molecule has 1 aliphatic carbocycles. The Bertz CT molecular complexity index is 738. The smallest absolute Gasteiger partial charge is 0.231 e. The van der Waals surface area contributed by atoms with Gasteiger partial charge < -0.3 is 10.1 Å². The van der Waals surface area contributed by atoms with Crippen LogP contribution in [0.25, 0.3) is 0 Å². The minimum absolute atomic E-state index is 0.0635. The highest BCUT2D eigenvalue weighted by Gasteiger charge is 2.41. The van der Waals surface area contributed by atoms with Crippen LogP contribution in [0.3, 0.4) is 0 Å². The van der Waals surface area contributed by atoms with Crippen molar-refractivity contribution < 1.29 is 9.53 Å². The number of ether oxygens (including phenoxy) is 1. The molecular weight excluding hydrogens is 314 g/mol. The second-order valence-corrected chi connectivity index (χ2v) is 6.95. The van der Waals surface area contributed by atoms with Gasteiger partial charge in [0.25, 0.3) is 0 Å². The number of benzene rings is 1. The average Bonchev–Trinajstić information content (AvgIpc) is 3.53. The van der Waals surface area contributed by atoms with E-state index in [-0.39, 0.29) is 5.91 Å². The predicted octanol–water partition coefficient (Wildman–Crippen LogP) is 2.72. The van der Waals surface area contributed by atoms with Gasteiger partial charge in [0, 0.05) is 24.8 Å². The van der Waals surface area contributed by atoms with E-state index in [1.165, 1.54) is 12.8 Å². The van der Waals surface area contributed by atoms with Gasteiger partial charge in [-0.1, -0.05) is 30.3 Å². The van der Waals surface area contributed by atoms with E-state index in [4.69, 9.17) is 4.74 Å². The van der Waals surface area contributed by atoms with Gasteiger partial charge in [0.05, 0.1) is 17.7 Å². The number of aromatic nitrogens is 2. The Balaban J connectivity index is 1.50. The molecule has 1 N–H and O–H groups in total. The molecule has 2 aromatic rings. The first-order valence-electron chi connectivity index (χ1n) is 9.00. The lowest BCUT2D eigenvalue weighted by Crippen LogP contribution is -2.47.